The van der Waals surface area contributed by atoms with Crippen molar-refractivity contribution in [2.45, 2.75) is 64.1 Å². The Morgan fingerprint density at radius 3 is 2.26 bits per heavy atom. The maximum absolute atomic E-state index is 13.0. The predicted molar refractivity (Wildman–Crippen MR) is 82.3 cm³/mol. The first kappa shape index (κ1) is 16.4. The van der Waals surface area contributed by atoms with Gasteiger partial charge in [0, 0.05) is 0 Å². The second kappa shape index (κ2) is 7.20. The number of benzene rings is 1. The second-order valence-electron chi connectivity index (χ2n) is 6.14. The summed E-state index contributed by atoms with van der Waals surface area (Å²) in [5.41, 5.74) is 1.86. The van der Waals surface area contributed by atoms with Gasteiger partial charge in [0.1, 0.15) is 5.82 Å². The smallest absolute Gasteiger partial charge is 0.193 e. The van der Waals surface area contributed by atoms with Gasteiger partial charge in [-0.05, 0) is 47.7 Å². The Labute approximate surface area is 118 Å². The fourth-order valence-electron chi connectivity index (χ4n) is 2.67. The van der Waals surface area contributed by atoms with Crippen LogP contribution < -0.4 is 0 Å². The first-order chi connectivity index (χ1) is 8.86. The normalized spacial score (nSPS) is 12.4. The Bertz CT molecular complexity index is 382. The van der Waals surface area contributed by atoms with Crippen molar-refractivity contribution in [2.75, 3.05) is 0 Å². The monoisotopic (exact) mass is 282 g/mol. The van der Waals surface area contributed by atoms with Crippen molar-refractivity contribution in [1.82, 2.24) is 0 Å². The van der Waals surface area contributed by atoms with Gasteiger partial charge in [-0.15, -0.1) is 0 Å². The highest BCUT2D eigenvalue weighted by atomic mass is 28.4. The zero-order chi connectivity index (χ0) is 14.5. The molecule has 0 heterocycles. The molecule has 0 bridgehead atoms. The lowest BCUT2D eigenvalue weighted by molar-refractivity contribution is 0.484. The quantitative estimate of drug-likeness (QED) is 0.556. The molecule has 1 aromatic rings. The third-order valence-corrected chi connectivity index (χ3v) is 9.33. The molecule has 0 amide bonds. The van der Waals surface area contributed by atoms with Gasteiger partial charge in [-0.25, -0.2) is 4.39 Å². The number of aryl methyl sites for hydroxylation is 1. The van der Waals surface area contributed by atoms with Crippen LogP contribution in [0, 0.1) is 5.82 Å². The van der Waals surface area contributed by atoms with Crippen LogP contribution in [0.2, 0.25) is 17.1 Å². The summed E-state index contributed by atoms with van der Waals surface area (Å²) in [6.45, 7) is 8.55. The van der Waals surface area contributed by atoms with Crippen molar-refractivity contribution in [3.63, 3.8) is 0 Å². The van der Waals surface area contributed by atoms with Crippen molar-refractivity contribution >= 4 is 8.32 Å². The van der Waals surface area contributed by atoms with Crippen LogP contribution in [0.1, 0.15) is 46.1 Å². The molecule has 0 atom stereocenters. The van der Waals surface area contributed by atoms with Crippen LogP contribution in [0.4, 0.5) is 4.39 Å². The van der Waals surface area contributed by atoms with E-state index in [4.69, 9.17) is 0 Å². The molecule has 0 saturated heterocycles. The SMILES string of the molecule is CC(C)[Si](O)(CCCCc1cccc(F)c1)C(C)C. The van der Waals surface area contributed by atoms with Gasteiger partial charge in [0.25, 0.3) is 0 Å². The minimum Gasteiger partial charge on any atom is -0.431 e. The molecule has 3 heteroatoms. The topological polar surface area (TPSA) is 20.2 Å². The molecular weight excluding hydrogens is 255 g/mol. The molecule has 0 fully saturated rings. The molecule has 0 aliphatic heterocycles. The van der Waals surface area contributed by atoms with Crippen LogP contribution in [0.3, 0.4) is 0 Å². The molecule has 1 rings (SSSR count). The van der Waals surface area contributed by atoms with E-state index in [1.165, 1.54) is 6.07 Å². The molecular formula is C16H27FOSi. The minimum atomic E-state index is -2.13. The van der Waals surface area contributed by atoms with Crippen LogP contribution in [0.5, 0.6) is 0 Å². The number of rotatable bonds is 7. The Morgan fingerprint density at radius 1 is 1.11 bits per heavy atom. The van der Waals surface area contributed by atoms with Gasteiger partial charge >= 0.3 is 0 Å². The number of hydrogen-bond acceptors (Lipinski definition) is 1. The molecule has 0 aliphatic rings. The predicted octanol–water partition coefficient (Wildman–Crippen LogP) is 4.91. The molecule has 1 aromatic carbocycles. The van der Waals surface area contributed by atoms with Gasteiger partial charge in [0.15, 0.2) is 8.32 Å². The maximum atomic E-state index is 13.0. The third-order valence-electron chi connectivity index (χ3n) is 4.18. The van der Waals surface area contributed by atoms with Crippen molar-refractivity contribution < 1.29 is 9.19 Å². The van der Waals surface area contributed by atoms with Crippen LogP contribution in [0.15, 0.2) is 24.3 Å². The first-order valence-corrected chi connectivity index (χ1v) is 9.64. The third kappa shape index (κ3) is 4.73. The minimum absolute atomic E-state index is 0.159. The van der Waals surface area contributed by atoms with Crippen molar-refractivity contribution in [2.24, 2.45) is 0 Å². The fourth-order valence-corrected chi connectivity index (χ4v) is 5.98. The van der Waals surface area contributed by atoms with E-state index in [9.17, 15) is 9.19 Å². The van der Waals surface area contributed by atoms with Crippen LogP contribution in [-0.2, 0) is 6.42 Å². The number of hydrogen-bond donors (Lipinski definition) is 1. The summed E-state index contributed by atoms with van der Waals surface area (Å²) in [6.07, 6.45) is 2.96. The van der Waals surface area contributed by atoms with Gasteiger partial charge < -0.3 is 4.80 Å². The highest BCUT2D eigenvalue weighted by Crippen LogP contribution is 2.34. The summed E-state index contributed by atoms with van der Waals surface area (Å²) in [4.78, 5) is 10.8. The molecule has 108 valence electrons. The Balaban J connectivity index is 2.41. The van der Waals surface area contributed by atoms with E-state index in [1.807, 2.05) is 6.07 Å². The van der Waals surface area contributed by atoms with Crippen LogP contribution in [0.25, 0.3) is 0 Å². The summed E-state index contributed by atoms with van der Waals surface area (Å²) in [7, 11) is -2.13. The molecule has 1 N–H and O–H groups in total. The summed E-state index contributed by atoms with van der Waals surface area (Å²) in [5.74, 6) is -0.159. The lowest BCUT2D eigenvalue weighted by Crippen LogP contribution is -2.41. The van der Waals surface area contributed by atoms with Crippen molar-refractivity contribution in [3.05, 3.63) is 35.6 Å². The van der Waals surface area contributed by atoms with Crippen molar-refractivity contribution in [3.8, 4) is 0 Å². The molecule has 19 heavy (non-hydrogen) atoms. The Hall–Kier alpha value is -0.673. The van der Waals surface area contributed by atoms with Gasteiger partial charge in [-0.1, -0.05) is 46.2 Å². The zero-order valence-corrected chi connectivity index (χ0v) is 13.6. The van der Waals surface area contributed by atoms with E-state index in [0.717, 1.165) is 30.9 Å². The average molecular weight is 282 g/mol. The number of halogens is 1. The second-order valence-corrected chi connectivity index (χ2v) is 10.9. The zero-order valence-electron chi connectivity index (χ0n) is 12.6. The summed E-state index contributed by atoms with van der Waals surface area (Å²) in [6, 6.07) is 7.77. The fraction of sp³-hybridized carbons (Fsp3) is 0.625. The summed E-state index contributed by atoms with van der Waals surface area (Å²) < 4.78 is 13.0. The first-order valence-electron chi connectivity index (χ1n) is 7.33. The van der Waals surface area contributed by atoms with E-state index in [1.54, 1.807) is 12.1 Å². The Kier molecular flexibility index (Phi) is 6.21. The van der Waals surface area contributed by atoms with Gasteiger partial charge in [-0.2, -0.15) is 0 Å². The molecule has 0 aliphatic carbocycles. The average Bonchev–Trinajstić information content (AvgIpc) is 2.34. The molecule has 0 saturated carbocycles. The maximum Gasteiger partial charge on any atom is 0.193 e. The van der Waals surface area contributed by atoms with E-state index >= 15 is 0 Å². The van der Waals surface area contributed by atoms with E-state index < -0.39 is 8.32 Å². The molecule has 0 unspecified atom stereocenters. The molecule has 0 spiro atoms. The van der Waals surface area contributed by atoms with Crippen molar-refractivity contribution in [1.29, 1.82) is 0 Å². The van der Waals surface area contributed by atoms with Crippen LogP contribution >= 0.6 is 0 Å². The lowest BCUT2D eigenvalue weighted by Gasteiger charge is -2.33. The summed E-state index contributed by atoms with van der Waals surface area (Å²) >= 11 is 0. The highest BCUT2D eigenvalue weighted by Gasteiger charge is 2.37. The number of unbranched alkanes of at least 4 members (excludes halogenated alkanes) is 1. The van der Waals surface area contributed by atoms with Gasteiger partial charge in [0.05, 0.1) is 0 Å². The summed E-state index contributed by atoms with van der Waals surface area (Å²) in [5, 5.41) is 0. The molecule has 1 nitrogen and oxygen atoms in total. The molecule has 0 radical (unpaired) electrons. The van der Waals surface area contributed by atoms with Gasteiger partial charge in [-0.3, -0.25) is 0 Å². The van der Waals surface area contributed by atoms with E-state index in [0.29, 0.717) is 11.1 Å². The van der Waals surface area contributed by atoms with E-state index in [2.05, 4.69) is 27.7 Å². The Morgan fingerprint density at radius 2 is 1.74 bits per heavy atom. The standard InChI is InChI=1S/C16H27FOSi/c1-13(2)19(18,14(3)4)11-6-5-8-15-9-7-10-16(17)12-15/h7,9-10,12-14,18H,5-6,8,11H2,1-4H3. The molecule has 0 aromatic heterocycles. The highest BCUT2D eigenvalue weighted by molar-refractivity contribution is 6.75. The van der Waals surface area contributed by atoms with Crippen LogP contribution in [-0.4, -0.2) is 13.1 Å². The largest absolute Gasteiger partial charge is 0.431 e. The van der Waals surface area contributed by atoms with Gasteiger partial charge in [0.2, 0.25) is 0 Å². The lowest BCUT2D eigenvalue weighted by atomic mass is 10.1. The van der Waals surface area contributed by atoms with E-state index in [-0.39, 0.29) is 5.82 Å².